The summed E-state index contributed by atoms with van der Waals surface area (Å²) in [6, 6.07) is 0. The number of carbonyl (C=O) groups is 1. The van der Waals surface area contributed by atoms with Crippen molar-refractivity contribution < 1.29 is 9.53 Å². The molecule has 0 aromatic heterocycles. The van der Waals surface area contributed by atoms with Crippen molar-refractivity contribution in [2.75, 3.05) is 25.6 Å². The highest BCUT2D eigenvalue weighted by atomic mass is 35.5. The van der Waals surface area contributed by atoms with E-state index in [0.29, 0.717) is 18.3 Å². The number of amides is 1. The molecule has 0 bridgehead atoms. The normalized spacial score (nSPS) is 22.4. The summed E-state index contributed by atoms with van der Waals surface area (Å²) in [5.41, 5.74) is -0.471. The summed E-state index contributed by atoms with van der Waals surface area (Å²) in [4.78, 5) is 11.6. The minimum absolute atomic E-state index is 0.0272. The summed E-state index contributed by atoms with van der Waals surface area (Å²) in [6.45, 7) is 5.99. The van der Waals surface area contributed by atoms with Gasteiger partial charge in [-0.2, -0.15) is 0 Å². The van der Waals surface area contributed by atoms with E-state index in [1.54, 1.807) is 0 Å². The molecule has 82 valence electrons. The lowest BCUT2D eigenvalue weighted by atomic mass is 9.95. The molecule has 1 aliphatic heterocycles. The minimum atomic E-state index is -0.471. The molecule has 14 heavy (non-hydrogen) atoms. The highest BCUT2D eigenvalue weighted by molar-refractivity contribution is 6.19. The fourth-order valence-electron chi connectivity index (χ4n) is 1.28. The predicted molar refractivity (Wildman–Crippen MR) is 56.4 cm³/mol. The zero-order valence-corrected chi connectivity index (χ0v) is 9.56. The molecule has 1 saturated heterocycles. The Bertz CT molecular complexity index is 200. The molecule has 1 N–H and O–H groups in total. The lowest BCUT2D eigenvalue weighted by molar-refractivity contribution is -0.128. The van der Waals surface area contributed by atoms with E-state index < -0.39 is 5.41 Å². The van der Waals surface area contributed by atoms with Gasteiger partial charge in [0.1, 0.15) is 0 Å². The van der Waals surface area contributed by atoms with Gasteiger partial charge in [0.05, 0.1) is 12.0 Å². The minimum Gasteiger partial charge on any atom is -0.381 e. The number of nitrogens with one attached hydrogen (secondary N) is 1. The van der Waals surface area contributed by atoms with Crippen LogP contribution in [0, 0.1) is 11.3 Å². The van der Waals surface area contributed by atoms with Crippen molar-refractivity contribution >= 4 is 17.5 Å². The maximum Gasteiger partial charge on any atom is 0.226 e. The summed E-state index contributed by atoms with van der Waals surface area (Å²) < 4.78 is 5.22. The molecule has 4 heteroatoms. The van der Waals surface area contributed by atoms with Crippen molar-refractivity contribution in [3.8, 4) is 0 Å². The Balaban J connectivity index is 2.26. The van der Waals surface area contributed by atoms with Gasteiger partial charge in [-0.3, -0.25) is 4.79 Å². The molecule has 0 radical (unpaired) electrons. The van der Waals surface area contributed by atoms with E-state index in [2.05, 4.69) is 5.32 Å². The SMILES string of the molecule is CC(C)(CCl)C(=O)NCC1CCOC1. The summed E-state index contributed by atoms with van der Waals surface area (Å²) in [6.07, 6.45) is 1.04. The van der Waals surface area contributed by atoms with E-state index in [0.717, 1.165) is 19.6 Å². The largest absolute Gasteiger partial charge is 0.381 e. The number of carbonyl (C=O) groups excluding carboxylic acids is 1. The Hall–Kier alpha value is -0.280. The van der Waals surface area contributed by atoms with Crippen LogP contribution in [0.15, 0.2) is 0 Å². The van der Waals surface area contributed by atoms with Crippen molar-refractivity contribution in [3.63, 3.8) is 0 Å². The van der Waals surface area contributed by atoms with Gasteiger partial charge in [-0.1, -0.05) is 0 Å². The first-order chi connectivity index (χ1) is 6.56. The van der Waals surface area contributed by atoms with Gasteiger partial charge in [-0.05, 0) is 20.3 Å². The Morgan fingerprint density at radius 1 is 1.64 bits per heavy atom. The Kier molecular flexibility index (Phi) is 4.20. The third kappa shape index (κ3) is 3.14. The van der Waals surface area contributed by atoms with Gasteiger partial charge in [-0.25, -0.2) is 0 Å². The second-order valence-corrected chi connectivity index (χ2v) is 4.72. The molecule has 0 aromatic carbocycles. The Labute approximate surface area is 90.1 Å². The van der Waals surface area contributed by atoms with Crippen LogP contribution >= 0.6 is 11.6 Å². The molecule has 0 aliphatic carbocycles. The first-order valence-corrected chi connectivity index (χ1v) is 5.52. The fourth-order valence-corrected chi connectivity index (χ4v) is 1.40. The number of hydrogen-bond donors (Lipinski definition) is 1. The summed E-state index contributed by atoms with van der Waals surface area (Å²) in [5, 5.41) is 2.91. The monoisotopic (exact) mass is 219 g/mol. The smallest absolute Gasteiger partial charge is 0.226 e. The number of halogens is 1. The molecule has 3 nitrogen and oxygen atoms in total. The first-order valence-electron chi connectivity index (χ1n) is 4.98. The highest BCUT2D eigenvalue weighted by Gasteiger charge is 2.27. The van der Waals surface area contributed by atoms with Crippen LogP contribution in [0.2, 0.25) is 0 Å². The quantitative estimate of drug-likeness (QED) is 0.726. The molecule has 0 spiro atoms. The van der Waals surface area contributed by atoms with Gasteiger partial charge in [0.2, 0.25) is 5.91 Å². The van der Waals surface area contributed by atoms with Crippen LogP contribution in [0.1, 0.15) is 20.3 Å². The second kappa shape index (κ2) is 4.99. The summed E-state index contributed by atoms with van der Waals surface area (Å²) in [5.74, 6) is 0.851. The Morgan fingerprint density at radius 3 is 2.86 bits per heavy atom. The molecule has 1 heterocycles. The number of alkyl halides is 1. The standard InChI is InChI=1S/C10H18ClNO2/c1-10(2,7-11)9(13)12-5-8-3-4-14-6-8/h8H,3-7H2,1-2H3,(H,12,13). The zero-order chi connectivity index (χ0) is 10.6. The van der Waals surface area contributed by atoms with Crippen LogP contribution < -0.4 is 5.32 Å². The second-order valence-electron chi connectivity index (χ2n) is 4.46. The third-order valence-electron chi connectivity index (χ3n) is 2.52. The lowest BCUT2D eigenvalue weighted by Crippen LogP contribution is -2.40. The Morgan fingerprint density at radius 2 is 2.36 bits per heavy atom. The van der Waals surface area contributed by atoms with Crippen LogP contribution in [0.3, 0.4) is 0 Å². The molecule has 1 aliphatic rings. The highest BCUT2D eigenvalue weighted by Crippen LogP contribution is 2.17. The van der Waals surface area contributed by atoms with Gasteiger partial charge in [-0.15, -0.1) is 11.6 Å². The molecule has 1 rings (SSSR count). The van der Waals surface area contributed by atoms with E-state index in [1.807, 2.05) is 13.8 Å². The maximum absolute atomic E-state index is 11.6. The molecular weight excluding hydrogens is 202 g/mol. The molecular formula is C10H18ClNO2. The van der Waals surface area contributed by atoms with E-state index in [9.17, 15) is 4.79 Å². The van der Waals surface area contributed by atoms with Gasteiger partial charge in [0.15, 0.2) is 0 Å². The molecule has 1 atom stereocenters. The molecule has 1 fully saturated rings. The van der Waals surface area contributed by atoms with E-state index in [1.165, 1.54) is 0 Å². The van der Waals surface area contributed by atoms with Crippen LogP contribution in [0.25, 0.3) is 0 Å². The molecule has 1 amide bonds. The third-order valence-corrected chi connectivity index (χ3v) is 3.19. The lowest BCUT2D eigenvalue weighted by Gasteiger charge is -2.21. The van der Waals surface area contributed by atoms with Gasteiger partial charge in [0.25, 0.3) is 0 Å². The molecule has 0 saturated carbocycles. The van der Waals surface area contributed by atoms with Crippen molar-refractivity contribution in [3.05, 3.63) is 0 Å². The van der Waals surface area contributed by atoms with E-state index in [4.69, 9.17) is 16.3 Å². The van der Waals surface area contributed by atoms with Crippen molar-refractivity contribution in [1.29, 1.82) is 0 Å². The predicted octanol–water partition coefficient (Wildman–Crippen LogP) is 1.40. The fraction of sp³-hybridized carbons (Fsp3) is 0.900. The van der Waals surface area contributed by atoms with Crippen LogP contribution in [0.4, 0.5) is 0 Å². The topological polar surface area (TPSA) is 38.3 Å². The molecule has 1 unspecified atom stereocenters. The van der Waals surface area contributed by atoms with Gasteiger partial charge < -0.3 is 10.1 Å². The summed E-state index contributed by atoms with van der Waals surface area (Å²) in [7, 11) is 0. The van der Waals surface area contributed by atoms with Crippen LogP contribution in [-0.2, 0) is 9.53 Å². The van der Waals surface area contributed by atoms with Gasteiger partial charge in [0, 0.05) is 24.9 Å². The molecule has 0 aromatic rings. The number of hydrogen-bond acceptors (Lipinski definition) is 2. The number of ether oxygens (including phenoxy) is 1. The van der Waals surface area contributed by atoms with Crippen LogP contribution in [0.5, 0.6) is 0 Å². The first kappa shape index (κ1) is 11.8. The van der Waals surface area contributed by atoms with Crippen molar-refractivity contribution in [2.24, 2.45) is 11.3 Å². The number of rotatable bonds is 4. The van der Waals surface area contributed by atoms with Crippen molar-refractivity contribution in [2.45, 2.75) is 20.3 Å². The van der Waals surface area contributed by atoms with Gasteiger partial charge >= 0.3 is 0 Å². The average molecular weight is 220 g/mol. The summed E-state index contributed by atoms with van der Waals surface area (Å²) >= 11 is 5.70. The average Bonchev–Trinajstić information content (AvgIpc) is 2.66. The zero-order valence-electron chi connectivity index (χ0n) is 8.81. The van der Waals surface area contributed by atoms with E-state index in [-0.39, 0.29) is 5.91 Å². The van der Waals surface area contributed by atoms with E-state index >= 15 is 0 Å². The maximum atomic E-state index is 11.6. The van der Waals surface area contributed by atoms with Crippen LogP contribution in [-0.4, -0.2) is 31.5 Å². The van der Waals surface area contributed by atoms with Crippen molar-refractivity contribution in [1.82, 2.24) is 5.32 Å².